The van der Waals surface area contributed by atoms with Crippen molar-refractivity contribution < 1.29 is 14.0 Å². The van der Waals surface area contributed by atoms with Crippen LogP contribution < -0.4 is 0 Å². The van der Waals surface area contributed by atoms with E-state index in [4.69, 9.17) is 16.1 Å². The summed E-state index contributed by atoms with van der Waals surface area (Å²) in [5, 5.41) is 13.9. The first-order valence-corrected chi connectivity index (χ1v) is 7.58. The third-order valence-corrected chi connectivity index (χ3v) is 4.04. The van der Waals surface area contributed by atoms with E-state index in [0.29, 0.717) is 11.3 Å². The Hall–Kier alpha value is -1.69. The minimum absolute atomic E-state index is 0.0990. The summed E-state index contributed by atoms with van der Waals surface area (Å²) in [6.45, 7) is -0.342. The fourth-order valence-electron chi connectivity index (χ4n) is 2.23. The minimum atomic E-state index is -0.529. The summed E-state index contributed by atoms with van der Waals surface area (Å²) in [6.07, 6.45) is 0. The lowest BCUT2D eigenvalue weighted by atomic mass is 10.0. The molecule has 3 aromatic rings. The van der Waals surface area contributed by atoms with Crippen molar-refractivity contribution in [2.45, 2.75) is 6.61 Å². The SMILES string of the molecule is OCc1c(-c2cccc(Br)c2)noc1-c1c(F)cccc1Cl. The molecule has 0 aliphatic carbocycles. The second kappa shape index (κ2) is 6.20. The summed E-state index contributed by atoms with van der Waals surface area (Å²) in [7, 11) is 0. The highest BCUT2D eigenvalue weighted by atomic mass is 79.9. The normalized spacial score (nSPS) is 10.9. The van der Waals surface area contributed by atoms with Gasteiger partial charge in [0, 0.05) is 10.0 Å². The molecule has 0 radical (unpaired) electrons. The molecule has 0 saturated heterocycles. The molecule has 0 aliphatic rings. The minimum Gasteiger partial charge on any atom is -0.391 e. The lowest BCUT2D eigenvalue weighted by Crippen LogP contribution is -1.92. The summed E-state index contributed by atoms with van der Waals surface area (Å²) >= 11 is 9.44. The number of aliphatic hydroxyl groups is 1. The summed E-state index contributed by atoms with van der Waals surface area (Å²) in [4.78, 5) is 0. The van der Waals surface area contributed by atoms with E-state index in [-0.39, 0.29) is 23.0 Å². The number of hydrogen-bond donors (Lipinski definition) is 1. The highest BCUT2D eigenvalue weighted by molar-refractivity contribution is 9.10. The van der Waals surface area contributed by atoms with Crippen molar-refractivity contribution in [1.82, 2.24) is 5.16 Å². The molecule has 3 rings (SSSR count). The molecule has 0 spiro atoms. The standard InChI is InChI=1S/C16H10BrClFNO2/c17-10-4-1-3-9(7-10)15-11(8-21)16(22-20-15)14-12(18)5-2-6-13(14)19/h1-7,21H,8H2. The first-order valence-electron chi connectivity index (χ1n) is 6.41. The molecule has 0 saturated carbocycles. The van der Waals surface area contributed by atoms with Gasteiger partial charge in [0.05, 0.1) is 22.8 Å². The van der Waals surface area contributed by atoms with Crippen LogP contribution in [0.15, 0.2) is 51.5 Å². The zero-order valence-electron chi connectivity index (χ0n) is 11.2. The third kappa shape index (κ3) is 2.67. The Morgan fingerprint density at radius 1 is 1.23 bits per heavy atom. The van der Waals surface area contributed by atoms with Crippen molar-refractivity contribution in [2.24, 2.45) is 0 Å². The second-order valence-corrected chi connectivity index (χ2v) is 5.93. The van der Waals surface area contributed by atoms with E-state index in [1.165, 1.54) is 12.1 Å². The van der Waals surface area contributed by atoms with Gasteiger partial charge in [-0.25, -0.2) is 4.39 Å². The van der Waals surface area contributed by atoms with Crippen molar-refractivity contribution in [3.8, 4) is 22.6 Å². The summed E-state index contributed by atoms with van der Waals surface area (Å²) in [6, 6.07) is 11.7. The van der Waals surface area contributed by atoms with Crippen molar-refractivity contribution in [1.29, 1.82) is 0 Å². The van der Waals surface area contributed by atoms with E-state index in [0.717, 1.165) is 10.0 Å². The number of nitrogens with zero attached hydrogens (tertiary/aromatic N) is 1. The number of rotatable bonds is 3. The molecule has 0 amide bonds. The predicted octanol–water partition coefficient (Wildman–Crippen LogP) is 5.06. The number of aromatic nitrogens is 1. The quantitative estimate of drug-likeness (QED) is 0.689. The fourth-order valence-corrected chi connectivity index (χ4v) is 2.88. The van der Waals surface area contributed by atoms with Gasteiger partial charge in [-0.1, -0.05) is 50.9 Å². The van der Waals surface area contributed by atoms with Gasteiger partial charge >= 0.3 is 0 Å². The Morgan fingerprint density at radius 2 is 2.00 bits per heavy atom. The van der Waals surface area contributed by atoms with E-state index >= 15 is 0 Å². The Balaban J connectivity index is 2.20. The number of benzene rings is 2. The van der Waals surface area contributed by atoms with E-state index in [9.17, 15) is 9.50 Å². The Kier molecular flexibility index (Phi) is 4.29. The Labute approximate surface area is 139 Å². The lowest BCUT2D eigenvalue weighted by Gasteiger charge is -2.04. The first-order chi connectivity index (χ1) is 10.6. The first kappa shape index (κ1) is 15.2. The largest absolute Gasteiger partial charge is 0.391 e. The molecular weight excluding hydrogens is 373 g/mol. The van der Waals surface area contributed by atoms with Gasteiger partial charge in [0.15, 0.2) is 5.76 Å². The van der Waals surface area contributed by atoms with Gasteiger partial charge in [0.1, 0.15) is 11.5 Å². The van der Waals surface area contributed by atoms with Crippen LogP contribution in [-0.4, -0.2) is 10.3 Å². The Morgan fingerprint density at radius 3 is 2.68 bits per heavy atom. The van der Waals surface area contributed by atoms with Crippen LogP contribution in [0.1, 0.15) is 5.56 Å². The van der Waals surface area contributed by atoms with Crippen LogP contribution in [0.4, 0.5) is 4.39 Å². The molecule has 1 N–H and O–H groups in total. The van der Waals surface area contributed by atoms with Gasteiger partial charge in [0.25, 0.3) is 0 Å². The molecule has 0 unspecified atom stereocenters. The van der Waals surface area contributed by atoms with E-state index in [2.05, 4.69) is 21.1 Å². The zero-order chi connectivity index (χ0) is 15.7. The van der Waals surface area contributed by atoms with Crippen LogP contribution in [-0.2, 0) is 6.61 Å². The van der Waals surface area contributed by atoms with Crippen LogP contribution in [0.2, 0.25) is 5.02 Å². The average molecular weight is 383 g/mol. The highest BCUT2D eigenvalue weighted by Gasteiger charge is 2.22. The summed E-state index contributed by atoms with van der Waals surface area (Å²) in [5.41, 5.74) is 1.70. The molecular formula is C16H10BrClFNO2. The maximum Gasteiger partial charge on any atom is 0.177 e. The van der Waals surface area contributed by atoms with Crippen LogP contribution in [0.5, 0.6) is 0 Å². The molecule has 0 atom stereocenters. The monoisotopic (exact) mass is 381 g/mol. The number of hydrogen-bond acceptors (Lipinski definition) is 3. The fraction of sp³-hybridized carbons (Fsp3) is 0.0625. The van der Waals surface area contributed by atoms with Crippen molar-refractivity contribution in [3.05, 3.63) is 63.3 Å². The maximum absolute atomic E-state index is 14.1. The zero-order valence-corrected chi connectivity index (χ0v) is 13.5. The van der Waals surface area contributed by atoms with Gasteiger partial charge in [-0.15, -0.1) is 0 Å². The molecule has 2 aromatic carbocycles. The van der Waals surface area contributed by atoms with Crippen molar-refractivity contribution >= 4 is 27.5 Å². The van der Waals surface area contributed by atoms with Crippen molar-refractivity contribution in [3.63, 3.8) is 0 Å². The van der Waals surface area contributed by atoms with Crippen molar-refractivity contribution in [2.75, 3.05) is 0 Å². The molecule has 112 valence electrons. The van der Waals surface area contributed by atoms with Gasteiger partial charge in [-0.2, -0.15) is 0 Å². The van der Waals surface area contributed by atoms with Gasteiger partial charge in [0.2, 0.25) is 0 Å². The van der Waals surface area contributed by atoms with Crippen LogP contribution in [0.3, 0.4) is 0 Å². The number of halogens is 3. The molecule has 6 heteroatoms. The Bertz CT molecular complexity index is 815. The van der Waals surface area contributed by atoms with Crippen LogP contribution in [0.25, 0.3) is 22.6 Å². The topological polar surface area (TPSA) is 46.3 Å². The highest BCUT2D eigenvalue weighted by Crippen LogP contribution is 2.37. The smallest absolute Gasteiger partial charge is 0.177 e. The molecule has 0 aliphatic heterocycles. The van der Waals surface area contributed by atoms with Crippen LogP contribution in [0, 0.1) is 5.82 Å². The molecule has 1 aromatic heterocycles. The van der Waals surface area contributed by atoms with Gasteiger partial charge in [-0.05, 0) is 24.3 Å². The average Bonchev–Trinajstić information content (AvgIpc) is 2.90. The third-order valence-electron chi connectivity index (χ3n) is 3.23. The maximum atomic E-state index is 14.1. The van der Waals surface area contributed by atoms with Crippen LogP contribution >= 0.6 is 27.5 Å². The summed E-state index contributed by atoms with van der Waals surface area (Å²) in [5.74, 6) is -0.389. The van der Waals surface area contributed by atoms with Gasteiger partial charge in [-0.3, -0.25) is 0 Å². The number of aliphatic hydroxyl groups excluding tert-OH is 1. The second-order valence-electron chi connectivity index (χ2n) is 4.60. The molecule has 0 fully saturated rings. The van der Waals surface area contributed by atoms with E-state index < -0.39 is 5.82 Å². The van der Waals surface area contributed by atoms with E-state index in [1.807, 2.05) is 24.3 Å². The molecule has 0 bridgehead atoms. The lowest BCUT2D eigenvalue weighted by molar-refractivity contribution is 0.281. The van der Waals surface area contributed by atoms with E-state index in [1.54, 1.807) is 6.07 Å². The summed E-state index contributed by atoms with van der Waals surface area (Å²) < 4.78 is 20.2. The molecule has 3 nitrogen and oxygen atoms in total. The van der Waals surface area contributed by atoms with Gasteiger partial charge < -0.3 is 9.63 Å². The molecule has 22 heavy (non-hydrogen) atoms. The predicted molar refractivity (Wildman–Crippen MR) is 86.0 cm³/mol. The molecule has 1 heterocycles.